The number of benzene rings is 1. The van der Waals surface area contributed by atoms with Crippen molar-refractivity contribution in [1.29, 1.82) is 0 Å². The molecule has 0 aliphatic carbocycles. The van der Waals surface area contributed by atoms with E-state index in [9.17, 15) is 4.79 Å². The van der Waals surface area contributed by atoms with Crippen LogP contribution in [0.2, 0.25) is 5.02 Å². The van der Waals surface area contributed by atoms with Gasteiger partial charge in [0, 0.05) is 21.6 Å². The van der Waals surface area contributed by atoms with Gasteiger partial charge < -0.3 is 4.57 Å². The quantitative estimate of drug-likeness (QED) is 0.822. The predicted octanol–water partition coefficient (Wildman–Crippen LogP) is 3.17. The summed E-state index contributed by atoms with van der Waals surface area (Å²) in [6.45, 7) is 0.238. The van der Waals surface area contributed by atoms with Crippen molar-refractivity contribution in [2.45, 2.75) is 6.54 Å². The highest BCUT2D eigenvalue weighted by Gasteiger charge is 2.04. The van der Waals surface area contributed by atoms with Crippen molar-refractivity contribution in [1.82, 2.24) is 4.57 Å². The van der Waals surface area contributed by atoms with Crippen molar-refractivity contribution in [2.75, 3.05) is 0 Å². The Morgan fingerprint density at radius 1 is 1.50 bits per heavy atom. The van der Waals surface area contributed by atoms with Crippen LogP contribution in [0.3, 0.4) is 0 Å². The topological polar surface area (TPSA) is 22.0 Å². The summed E-state index contributed by atoms with van der Waals surface area (Å²) < 4.78 is 2.67. The summed E-state index contributed by atoms with van der Waals surface area (Å²) in [6.07, 6.45) is 3.70. The third-order valence-electron chi connectivity index (χ3n) is 2.05. The van der Waals surface area contributed by atoms with Gasteiger partial charge >= 0.3 is 0 Å². The van der Waals surface area contributed by atoms with Crippen LogP contribution in [0.4, 0.5) is 0 Å². The first-order valence-corrected chi connectivity index (χ1v) is 5.18. The molecule has 1 aromatic heterocycles. The van der Waals surface area contributed by atoms with Gasteiger partial charge in [-0.25, -0.2) is 0 Å². The second-order valence-electron chi connectivity index (χ2n) is 2.91. The summed E-state index contributed by atoms with van der Waals surface area (Å²) in [5.74, 6) is 0. The van der Waals surface area contributed by atoms with Crippen LogP contribution >= 0.6 is 27.5 Å². The van der Waals surface area contributed by atoms with Gasteiger partial charge in [0.2, 0.25) is 6.29 Å². The Labute approximate surface area is 94.6 Å². The van der Waals surface area contributed by atoms with E-state index < -0.39 is 0 Å². The summed E-state index contributed by atoms with van der Waals surface area (Å²) in [4.78, 5) is 10.3. The van der Waals surface area contributed by atoms with Gasteiger partial charge in [-0.1, -0.05) is 11.6 Å². The average molecular weight is 272 g/mol. The molecule has 0 saturated carbocycles. The Hall–Kier alpha value is -0.800. The Balaban J connectivity index is 2.67. The highest BCUT2D eigenvalue weighted by atomic mass is 79.9. The molecular weight excluding hydrogens is 265 g/mol. The van der Waals surface area contributed by atoms with E-state index in [0.29, 0.717) is 5.02 Å². The van der Waals surface area contributed by atoms with E-state index in [2.05, 4.69) is 15.9 Å². The van der Waals surface area contributed by atoms with Gasteiger partial charge in [-0.3, -0.25) is 4.79 Å². The van der Waals surface area contributed by atoms with Crippen LogP contribution in [0.15, 0.2) is 28.9 Å². The minimum Gasteiger partial charge on any atom is -0.339 e. The zero-order valence-corrected chi connectivity index (χ0v) is 9.47. The van der Waals surface area contributed by atoms with Crippen LogP contribution in [-0.2, 0) is 11.3 Å². The lowest BCUT2D eigenvalue weighted by Crippen LogP contribution is -1.95. The number of carbonyl (C=O) groups excluding carboxylic acids is 1. The molecule has 2 aromatic rings. The number of nitrogens with zero attached hydrogens (tertiary/aromatic N) is 1. The summed E-state index contributed by atoms with van der Waals surface area (Å²) >= 11 is 9.30. The summed E-state index contributed by atoms with van der Waals surface area (Å²) in [5, 5.41) is 1.69. The standard InChI is InChI=1S/C10H6BrClNO/c11-8-5-7-1-2-13(3-4-14)10(7)6-9(8)12/h1-2,5-6H,3H2. The number of halogens is 2. The van der Waals surface area contributed by atoms with E-state index in [0.717, 1.165) is 15.4 Å². The number of hydrogen-bond donors (Lipinski definition) is 0. The van der Waals surface area contributed by atoms with E-state index in [-0.39, 0.29) is 6.54 Å². The zero-order valence-electron chi connectivity index (χ0n) is 7.13. The van der Waals surface area contributed by atoms with Crippen molar-refractivity contribution in [3.05, 3.63) is 33.9 Å². The van der Waals surface area contributed by atoms with Gasteiger partial charge in [0.05, 0.1) is 11.6 Å². The lowest BCUT2D eigenvalue weighted by Gasteiger charge is -2.01. The maximum atomic E-state index is 10.3. The van der Waals surface area contributed by atoms with E-state index in [1.807, 2.05) is 30.7 Å². The first-order chi connectivity index (χ1) is 6.72. The van der Waals surface area contributed by atoms with Gasteiger partial charge in [0.25, 0.3) is 0 Å². The minimum atomic E-state index is 0.238. The number of fused-ring (bicyclic) bond motifs is 1. The fourth-order valence-electron chi connectivity index (χ4n) is 1.39. The Kier molecular flexibility index (Phi) is 2.61. The molecule has 1 heterocycles. The zero-order chi connectivity index (χ0) is 10.1. The van der Waals surface area contributed by atoms with E-state index in [4.69, 9.17) is 11.6 Å². The molecule has 0 aliphatic heterocycles. The lowest BCUT2D eigenvalue weighted by molar-refractivity contribution is 0.546. The maximum absolute atomic E-state index is 10.3. The highest BCUT2D eigenvalue weighted by molar-refractivity contribution is 9.10. The molecule has 1 radical (unpaired) electrons. The smallest absolute Gasteiger partial charge is 0.219 e. The summed E-state index contributed by atoms with van der Waals surface area (Å²) in [7, 11) is 0. The molecule has 2 nitrogen and oxygen atoms in total. The second kappa shape index (κ2) is 3.75. The van der Waals surface area contributed by atoms with Crippen LogP contribution in [0, 0.1) is 0 Å². The van der Waals surface area contributed by atoms with Gasteiger partial charge in [-0.05, 0) is 34.1 Å². The van der Waals surface area contributed by atoms with Crippen LogP contribution in [0.5, 0.6) is 0 Å². The van der Waals surface area contributed by atoms with Gasteiger partial charge in [-0.2, -0.15) is 0 Å². The molecule has 0 fully saturated rings. The van der Waals surface area contributed by atoms with Crippen molar-refractivity contribution in [3.63, 3.8) is 0 Å². The van der Waals surface area contributed by atoms with E-state index in [1.54, 1.807) is 4.57 Å². The first kappa shape index (κ1) is 9.74. The van der Waals surface area contributed by atoms with Crippen molar-refractivity contribution >= 4 is 44.7 Å². The normalized spacial score (nSPS) is 10.7. The molecule has 0 saturated heterocycles. The van der Waals surface area contributed by atoms with Crippen molar-refractivity contribution in [3.8, 4) is 0 Å². The molecule has 0 unspecified atom stereocenters. The SMILES string of the molecule is O=[C]Cn1ccc2cc(Br)c(Cl)cc21. The van der Waals surface area contributed by atoms with Crippen LogP contribution in [-0.4, -0.2) is 10.9 Å². The molecule has 0 atom stereocenters. The fourth-order valence-corrected chi connectivity index (χ4v) is 1.91. The molecule has 14 heavy (non-hydrogen) atoms. The summed E-state index contributed by atoms with van der Waals surface area (Å²) in [6, 6.07) is 5.70. The van der Waals surface area contributed by atoms with Gasteiger partial charge in [-0.15, -0.1) is 0 Å². The largest absolute Gasteiger partial charge is 0.339 e. The molecular formula is C10H6BrClNO. The minimum absolute atomic E-state index is 0.238. The fraction of sp³-hybridized carbons (Fsp3) is 0.100. The molecule has 0 N–H and O–H groups in total. The second-order valence-corrected chi connectivity index (χ2v) is 4.17. The number of hydrogen-bond acceptors (Lipinski definition) is 1. The van der Waals surface area contributed by atoms with Crippen LogP contribution < -0.4 is 0 Å². The predicted molar refractivity (Wildman–Crippen MR) is 60.3 cm³/mol. The molecule has 0 spiro atoms. The molecule has 1 aromatic carbocycles. The maximum Gasteiger partial charge on any atom is 0.219 e. The monoisotopic (exact) mass is 270 g/mol. The number of rotatable bonds is 2. The third kappa shape index (κ3) is 1.57. The van der Waals surface area contributed by atoms with E-state index in [1.165, 1.54) is 0 Å². The Morgan fingerprint density at radius 2 is 2.29 bits per heavy atom. The van der Waals surface area contributed by atoms with Crippen LogP contribution in [0.25, 0.3) is 10.9 Å². The van der Waals surface area contributed by atoms with Crippen LogP contribution in [0.1, 0.15) is 0 Å². The Bertz CT molecular complexity index is 492. The molecule has 2 rings (SSSR count). The first-order valence-electron chi connectivity index (χ1n) is 4.01. The van der Waals surface area contributed by atoms with Gasteiger partial charge in [0.15, 0.2) is 0 Å². The molecule has 0 amide bonds. The van der Waals surface area contributed by atoms with Crippen molar-refractivity contribution in [2.24, 2.45) is 0 Å². The number of aromatic nitrogens is 1. The molecule has 0 aliphatic rings. The summed E-state index contributed by atoms with van der Waals surface area (Å²) in [5.41, 5.74) is 0.946. The van der Waals surface area contributed by atoms with E-state index >= 15 is 0 Å². The highest BCUT2D eigenvalue weighted by Crippen LogP contribution is 2.28. The molecule has 4 heteroatoms. The Morgan fingerprint density at radius 3 is 3.00 bits per heavy atom. The third-order valence-corrected chi connectivity index (χ3v) is 3.25. The van der Waals surface area contributed by atoms with Crippen molar-refractivity contribution < 1.29 is 4.79 Å². The molecule has 71 valence electrons. The van der Waals surface area contributed by atoms with Gasteiger partial charge in [0.1, 0.15) is 0 Å². The average Bonchev–Trinajstić information content (AvgIpc) is 2.51. The molecule has 0 bridgehead atoms. The lowest BCUT2D eigenvalue weighted by atomic mass is 10.2.